The van der Waals surface area contributed by atoms with Gasteiger partial charge in [-0.2, -0.15) is 0 Å². The van der Waals surface area contributed by atoms with Crippen molar-refractivity contribution >= 4 is 0 Å². The van der Waals surface area contributed by atoms with E-state index in [-0.39, 0.29) is 6.61 Å². The van der Waals surface area contributed by atoms with E-state index >= 15 is 0 Å². The Bertz CT molecular complexity index is 342. The smallest absolute Gasteiger partial charge is 0.184 e. The normalized spacial score (nSPS) is 30.4. The van der Waals surface area contributed by atoms with Gasteiger partial charge in [0.15, 0.2) is 6.29 Å². The van der Waals surface area contributed by atoms with Gasteiger partial charge in [-0.25, -0.2) is 0 Å². The summed E-state index contributed by atoms with van der Waals surface area (Å²) in [7, 11) is 0. The second kappa shape index (κ2) is 5.57. The van der Waals surface area contributed by atoms with Crippen molar-refractivity contribution in [1.82, 2.24) is 0 Å². The second-order valence-electron chi connectivity index (χ2n) is 3.95. The minimum Gasteiger partial charge on any atom is -0.394 e. The van der Waals surface area contributed by atoms with E-state index < -0.39 is 31.2 Å². The van der Waals surface area contributed by atoms with Crippen molar-refractivity contribution in [2.45, 2.75) is 24.6 Å². The van der Waals surface area contributed by atoms with Gasteiger partial charge in [0, 0.05) is 5.56 Å². The van der Waals surface area contributed by atoms with Gasteiger partial charge in [-0.15, -0.1) is 0 Å². The fourth-order valence-electron chi connectivity index (χ4n) is 1.86. The van der Waals surface area contributed by atoms with Gasteiger partial charge in [0.2, 0.25) is 0 Å². The predicted molar refractivity (Wildman–Crippen MR) is 59.1 cm³/mol. The Hall–Kier alpha value is -0.980. The molecule has 1 fully saturated rings. The zero-order chi connectivity index (χ0) is 12.3. The molecule has 1 aromatic rings. The molecule has 0 spiro atoms. The molecule has 0 radical (unpaired) electrons. The Labute approximate surface area is 99.2 Å². The van der Waals surface area contributed by atoms with Crippen molar-refractivity contribution < 1.29 is 24.8 Å². The van der Waals surface area contributed by atoms with Crippen molar-refractivity contribution in [2.75, 3.05) is 13.2 Å². The zero-order valence-corrected chi connectivity index (χ0v) is 9.27. The van der Waals surface area contributed by atoms with Crippen molar-refractivity contribution in [3.8, 4) is 0 Å². The second-order valence-corrected chi connectivity index (χ2v) is 3.95. The molecule has 5 nitrogen and oxygen atoms in total. The third kappa shape index (κ3) is 2.65. The lowest BCUT2D eigenvalue weighted by Crippen LogP contribution is -2.39. The number of aliphatic hydroxyl groups is 3. The number of aliphatic hydroxyl groups excluding tert-OH is 3. The molecule has 2 rings (SSSR count). The van der Waals surface area contributed by atoms with Gasteiger partial charge in [-0.1, -0.05) is 30.3 Å². The Morgan fingerprint density at radius 3 is 2.41 bits per heavy atom. The van der Waals surface area contributed by atoms with Crippen LogP contribution in [0.4, 0.5) is 0 Å². The summed E-state index contributed by atoms with van der Waals surface area (Å²) in [6.45, 7) is -0.683. The first-order valence-corrected chi connectivity index (χ1v) is 5.52. The summed E-state index contributed by atoms with van der Waals surface area (Å²) in [4.78, 5) is 0. The molecule has 1 saturated heterocycles. The molecule has 1 aliphatic rings. The van der Waals surface area contributed by atoms with E-state index in [9.17, 15) is 5.11 Å². The average molecular weight is 240 g/mol. The predicted octanol–water partition coefficient (Wildman–Crippen LogP) is -0.185. The molecule has 0 bridgehead atoms. The number of rotatable bonds is 4. The summed E-state index contributed by atoms with van der Waals surface area (Å²) in [5.41, 5.74) is 0.818. The quantitative estimate of drug-likeness (QED) is 0.680. The molecule has 94 valence electrons. The molecule has 0 aliphatic carbocycles. The van der Waals surface area contributed by atoms with Gasteiger partial charge < -0.3 is 24.8 Å². The van der Waals surface area contributed by atoms with Gasteiger partial charge in [-0.05, 0) is 0 Å². The lowest BCUT2D eigenvalue weighted by Gasteiger charge is -2.18. The van der Waals surface area contributed by atoms with Crippen LogP contribution in [0.5, 0.6) is 0 Å². The van der Waals surface area contributed by atoms with Gasteiger partial charge in [0.25, 0.3) is 0 Å². The minimum absolute atomic E-state index is 0.259. The van der Waals surface area contributed by atoms with E-state index in [1.165, 1.54) is 0 Å². The van der Waals surface area contributed by atoms with Gasteiger partial charge >= 0.3 is 0 Å². The van der Waals surface area contributed by atoms with Crippen LogP contribution in [0.2, 0.25) is 0 Å². The molecule has 3 N–H and O–H groups in total. The van der Waals surface area contributed by atoms with Crippen LogP contribution < -0.4 is 0 Å². The number of hydrogen-bond donors (Lipinski definition) is 3. The molecule has 4 atom stereocenters. The molecule has 1 heterocycles. The summed E-state index contributed by atoms with van der Waals surface area (Å²) < 4.78 is 11.0. The van der Waals surface area contributed by atoms with E-state index in [0.29, 0.717) is 0 Å². The Balaban J connectivity index is 2.09. The Kier molecular flexibility index (Phi) is 4.09. The van der Waals surface area contributed by atoms with Crippen LogP contribution in [0, 0.1) is 0 Å². The molecule has 5 heteroatoms. The number of ether oxygens (including phenoxy) is 2. The van der Waals surface area contributed by atoms with Crippen molar-refractivity contribution in [3.05, 3.63) is 35.9 Å². The maximum absolute atomic E-state index is 9.56. The molecular weight excluding hydrogens is 224 g/mol. The maximum atomic E-state index is 9.56. The highest BCUT2D eigenvalue weighted by molar-refractivity contribution is 5.16. The minimum atomic E-state index is -1.05. The van der Waals surface area contributed by atoms with Gasteiger partial charge in [0.1, 0.15) is 18.3 Å². The summed E-state index contributed by atoms with van der Waals surface area (Å²) in [6.07, 6.45) is -3.00. The van der Waals surface area contributed by atoms with Crippen molar-refractivity contribution in [3.63, 3.8) is 0 Å². The third-order valence-corrected chi connectivity index (χ3v) is 2.76. The Morgan fingerprint density at radius 1 is 1.12 bits per heavy atom. The maximum Gasteiger partial charge on any atom is 0.184 e. The first-order chi connectivity index (χ1) is 8.26. The van der Waals surface area contributed by atoms with Gasteiger partial charge in [0.05, 0.1) is 13.2 Å². The average Bonchev–Trinajstić information content (AvgIpc) is 2.83. The van der Waals surface area contributed by atoms with Crippen LogP contribution in [0.3, 0.4) is 0 Å². The third-order valence-electron chi connectivity index (χ3n) is 2.76. The van der Waals surface area contributed by atoms with Gasteiger partial charge in [-0.3, -0.25) is 0 Å². The molecule has 0 aromatic heterocycles. The van der Waals surface area contributed by atoms with E-state index in [4.69, 9.17) is 19.7 Å². The lowest BCUT2D eigenvalue weighted by atomic mass is 10.1. The molecule has 1 aliphatic heterocycles. The fourth-order valence-corrected chi connectivity index (χ4v) is 1.86. The zero-order valence-electron chi connectivity index (χ0n) is 9.27. The first kappa shape index (κ1) is 12.5. The lowest BCUT2D eigenvalue weighted by molar-refractivity contribution is -0.0917. The summed E-state index contributed by atoms with van der Waals surface area (Å²) in [6, 6.07) is 9.26. The molecule has 1 unspecified atom stereocenters. The molecule has 17 heavy (non-hydrogen) atoms. The van der Waals surface area contributed by atoms with Crippen LogP contribution in [0.15, 0.2) is 30.3 Å². The standard InChI is InChI=1S/C12H16O5/c13-6-9(15)11-10(7-14)16-12(17-11)8-4-2-1-3-5-8/h1-5,9-15H,6-7H2/t9-,10+,11+,12?/m1/s1. The first-order valence-electron chi connectivity index (χ1n) is 5.52. The number of hydrogen-bond acceptors (Lipinski definition) is 5. The van der Waals surface area contributed by atoms with Crippen LogP contribution in [0.1, 0.15) is 11.9 Å². The topological polar surface area (TPSA) is 79.2 Å². The molecule has 0 saturated carbocycles. The molecular formula is C12H16O5. The monoisotopic (exact) mass is 240 g/mol. The number of benzene rings is 1. The molecule has 0 amide bonds. The highest BCUT2D eigenvalue weighted by Crippen LogP contribution is 2.32. The van der Waals surface area contributed by atoms with E-state index in [0.717, 1.165) is 5.56 Å². The van der Waals surface area contributed by atoms with Crippen LogP contribution in [-0.2, 0) is 9.47 Å². The van der Waals surface area contributed by atoms with Crippen LogP contribution >= 0.6 is 0 Å². The summed E-state index contributed by atoms with van der Waals surface area (Å²) in [5, 5.41) is 27.6. The SMILES string of the molecule is OC[C@@H](O)[C@@H]1OC(c2ccccc2)O[C@H]1CO. The highest BCUT2D eigenvalue weighted by atomic mass is 16.7. The fraction of sp³-hybridized carbons (Fsp3) is 0.500. The van der Waals surface area contributed by atoms with E-state index in [2.05, 4.69) is 0 Å². The van der Waals surface area contributed by atoms with Crippen molar-refractivity contribution in [2.24, 2.45) is 0 Å². The van der Waals surface area contributed by atoms with Crippen LogP contribution in [-0.4, -0.2) is 46.8 Å². The van der Waals surface area contributed by atoms with Crippen molar-refractivity contribution in [1.29, 1.82) is 0 Å². The summed E-state index contributed by atoms with van der Waals surface area (Å²) >= 11 is 0. The largest absolute Gasteiger partial charge is 0.394 e. The molecule has 1 aromatic carbocycles. The Morgan fingerprint density at radius 2 is 1.82 bits per heavy atom. The van der Waals surface area contributed by atoms with Crippen LogP contribution in [0.25, 0.3) is 0 Å². The van der Waals surface area contributed by atoms with E-state index in [1.54, 1.807) is 0 Å². The highest BCUT2D eigenvalue weighted by Gasteiger charge is 2.40. The summed E-state index contributed by atoms with van der Waals surface area (Å²) in [5.74, 6) is 0. The van der Waals surface area contributed by atoms with E-state index in [1.807, 2.05) is 30.3 Å².